The van der Waals surface area contributed by atoms with Crippen molar-refractivity contribution in [3.05, 3.63) is 95.4 Å². The molecule has 0 N–H and O–H groups in total. The summed E-state index contributed by atoms with van der Waals surface area (Å²) < 4.78 is 1.94. The van der Waals surface area contributed by atoms with E-state index in [0.29, 0.717) is 16.0 Å². The standard InChI is InChI=1S/C27H24ClN5OS/c1-27(2)22-6-4-5-7-23(22)32(3)24(27)16-21(34)17-35-26-31-30-25(18-12-14-29-15-13-18)33(26)20-10-8-19(28)9-11-20/h4-16H,17H2,1-3H3/b24-16+. The summed E-state index contributed by atoms with van der Waals surface area (Å²) >= 11 is 7.48. The number of carbonyl (C=O) groups excluding carboxylic acids is 1. The first kappa shape index (κ1) is 23.3. The van der Waals surface area contributed by atoms with E-state index in [9.17, 15) is 4.79 Å². The molecule has 8 heteroatoms. The fourth-order valence-electron chi connectivity index (χ4n) is 4.46. The van der Waals surface area contributed by atoms with Crippen LogP contribution >= 0.6 is 23.4 Å². The summed E-state index contributed by atoms with van der Waals surface area (Å²) in [5.74, 6) is 0.940. The first-order valence-corrected chi connectivity index (χ1v) is 12.6. The molecule has 6 nitrogen and oxygen atoms in total. The zero-order valence-electron chi connectivity index (χ0n) is 19.6. The fraction of sp³-hybridized carbons (Fsp3) is 0.185. The van der Waals surface area contributed by atoms with Crippen molar-refractivity contribution in [2.45, 2.75) is 24.4 Å². The van der Waals surface area contributed by atoms with Crippen molar-refractivity contribution in [2.75, 3.05) is 17.7 Å². The van der Waals surface area contributed by atoms with Gasteiger partial charge in [0, 0.05) is 58.6 Å². The van der Waals surface area contributed by atoms with Crippen molar-refractivity contribution < 1.29 is 4.79 Å². The highest BCUT2D eigenvalue weighted by Gasteiger charge is 2.38. The second-order valence-electron chi connectivity index (χ2n) is 8.84. The Labute approximate surface area is 213 Å². The molecular weight excluding hydrogens is 478 g/mol. The van der Waals surface area contributed by atoms with Crippen LogP contribution in [-0.4, -0.2) is 38.3 Å². The van der Waals surface area contributed by atoms with Crippen LogP contribution in [0.1, 0.15) is 19.4 Å². The van der Waals surface area contributed by atoms with Crippen molar-refractivity contribution in [3.63, 3.8) is 0 Å². The molecule has 0 fully saturated rings. The SMILES string of the molecule is CN1/C(=C/C(=O)CSc2nnc(-c3ccncc3)n2-c2ccc(Cl)cc2)C(C)(C)c2ccccc21. The van der Waals surface area contributed by atoms with E-state index in [0.717, 1.165) is 22.6 Å². The van der Waals surface area contributed by atoms with E-state index in [1.807, 2.05) is 60.1 Å². The zero-order chi connectivity index (χ0) is 24.6. The zero-order valence-corrected chi connectivity index (χ0v) is 21.2. The van der Waals surface area contributed by atoms with Gasteiger partial charge in [0.05, 0.1) is 5.75 Å². The minimum absolute atomic E-state index is 0.0221. The van der Waals surface area contributed by atoms with Gasteiger partial charge in [-0.15, -0.1) is 10.2 Å². The second kappa shape index (κ2) is 9.32. The predicted molar refractivity (Wildman–Crippen MR) is 141 cm³/mol. The maximum atomic E-state index is 13.1. The summed E-state index contributed by atoms with van der Waals surface area (Å²) in [5.41, 5.74) is 4.85. The summed E-state index contributed by atoms with van der Waals surface area (Å²) in [6, 6.07) is 19.5. The summed E-state index contributed by atoms with van der Waals surface area (Å²) in [6.45, 7) is 4.31. The number of thioether (sulfide) groups is 1. The first-order valence-electron chi connectivity index (χ1n) is 11.2. The van der Waals surface area contributed by atoms with Gasteiger partial charge < -0.3 is 4.90 Å². The van der Waals surface area contributed by atoms with E-state index >= 15 is 0 Å². The highest BCUT2D eigenvalue weighted by molar-refractivity contribution is 7.99. The third kappa shape index (κ3) is 4.37. The van der Waals surface area contributed by atoms with Crippen LogP contribution in [0, 0.1) is 0 Å². The van der Waals surface area contributed by atoms with E-state index in [1.165, 1.54) is 17.3 Å². The topological polar surface area (TPSA) is 63.9 Å². The lowest BCUT2D eigenvalue weighted by Gasteiger charge is -2.23. The molecule has 2 aromatic carbocycles. The van der Waals surface area contributed by atoms with Crippen LogP contribution in [0.15, 0.2) is 90.0 Å². The molecule has 0 spiro atoms. The van der Waals surface area contributed by atoms with E-state index in [1.54, 1.807) is 18.5 Å². The van der Waals surface area contributed by atoms with Crippen LogP contribution in [0.5, 0.6) is 0 Å². The predicted octanol–water partition coefficient (Wildman–Crippen LogP) is 5.96. The number of para-hydroxylation sites is 1. The number of ketones is 1. The molecule has 0 unspecified atom stereocenters. The Morgan fingerprint density at radius 3 is 2.46 bits per heavy atom. The number of fused-ring (bicyclic) bond motifs is 1. The number of aromatic nitrogens is 4. The van der Waals surface area contributed by atoms with Crippen LogP contribution in [0.2, 0.25) is 5.02 Å². The molecule has 5 rings (SSSR count). The molecule has 35 heavy (non-hydrogen) atoms. The van der Waals surface area contributed by atoms with Gasteiger partial charge in [0.25, 0.3) is 0 Å². The number of hydrogen-bond acceptors (Lipinski definition) is 6. The molecule has 0 saturated heterocycles. The minimum Gasteiger partial charge on any atom is -0.347 e. The van der Waals surface area contributed by atoms with Crippen LogP contribution in [0.4, 0.5) is 5.69 Å². The number of nitrogens with zero attached hydrogens (tertiary/aromatic N) is 5. The number of rotatable bonds is 6. The monoisotopic (exact) mass is 501 g/mol. The Kier molecular flexibility index (Phi) is 6.21. The van der Waals surface area contributed by atoms with E-state index < -0.39 is 0 Å². The maximum absolute atomic E-state index is 13.1. The van der Waals surface area contributed by atoms with Gasteiger partial charge in [0.2, 0.25) is 0 Å². The Balaban J connectivity index is 1.43. The lowest BCUT2D eigenvalue weighted by Crippen LogP contribution is -2.24. The number of benzene rings is 2. The summed E-state index contributed by atoms with van der Waals surface area (Å²) in [5, 5.41) is 10.1. The van der Waals surface area contributed by atoms with Crippen molar-refractivity contribution >= 4 is 34.8 Å². The minimum atomic E-state index is -0.247. The fourth-order valence-corrected chi connectivity index (χ4v) is 5.36. The number of halogens is 1. The van der Waals surface area contributed by atoms with E-state index in [2.05, 4.69) is 46.1 Å². The Morgan fingerprint density at radius 2 is 1.74 bits per heavy atom. The van der Waals surface area contributed by atoms with Crippen LogP contribution in [0.25, 0.3) is 17.1 Å². The van der Waals surface area contributed by atoms with Crippen LogP contribution < -0.4 is 4.90 Å². The third-order valence-corrected chi connectivity index (χ3v) is 7.44. The molecule has 0 bridgehead atoms. The largest absolute Gasteiger partial charge is 0.347 e. The molecule has 0 atom stereocenters. The molecular formula is C27H24ClN5OS. The van der Waals surface area contributed by atoms with Gasteiger partial charge in [-0.2, -0.15) is 0 Å². The molecule has 0 amide bonds. The van der Waals surface area contributed by atoms with Crippen LogP contribution in [-0.2, 0) is 10.2 Å². The molecule has 0 saturated carbocycles. The van der Waals surface area contributed by atoms with Gasteiger partial charge >= 0.3 is 0 Å². The van der Waals surface area contributed by atoms with Crippen molar-refractivity contribution in [1.29, 1.82) is 0 Å². The Hall–Kier alpha value is -3.42. The molecule has 0 radical (unpaired) electrons. The average Bonchev–Trinajstić information content (AvgIpc) is 3.37. The molecule has 0 aliphatic carbocycles. The quantitative estimate of drug-likeness (QED) is 0.240. The van der Waals surface area contributed by atoms with Gasteiger partial charge in [0.1, 0.15) is 0 Å². The number of likely N-dealkylation sites (N-methyl/N-ethyl adjacent to an activating group) is 1. The van der Waals surface area contributed by atoms with Crippen LogP contribution in [0.3, 0.4) is 0 Å². The number of anilines is 1. The highest BCUT2D eigenvalue weighted by atomic mass is 35.5. The molecule has 3 heterocycles. The molecule has 1 aliphatic rings. The Bertz CT molecular complexity index is 1410. The number of pyridine rings is 1. The maximum Gasteiger partial charge on any atom is 0.196 e. The van der Waals surface area contributed by atoms with Gasteiger partial charge in [-0.25, -0.2) is 0 Å². The number of carbonyl (C=O) groups is 1. The van der Waals surface area contributed by atoms with Crippen molar-refractivity contribution in [3.8, 4) is 17.1 Å². The smallest absolute Gasteiger partial charge is 0.196 e. The van der Waals surface area contributed by atoms with Crippen molar-refractivity contribution in [1.82, 2.24) is 19.7 Å². The second-order valence-corrected chi connectivity index (χ2v) is 10.2. The van der Waals surface area contributed by atoms with Gasteiger partial charge in [-0.1, -0.05) is 55.4 Å². The third-order valence-electron chi connectivity index (χ3n) is 6.24. The molecule has 2 aromatic heterocycles. The van der Waals surface area contributed by atoms with Gasteiger partial charge in [0.15, 0.2) is 16.8 Å². The Morgan fingerprint density at radius 1 is 1.03 bits per heavy atom. The van der Waals surface area contributed by atoms with Crippen molar-refractivity contribution in [2.24, 2.45) is 0 Å². The van der Waals surface area contributed by atoms with E-state index in [4.69, 9.17) is 11.6 Å². The van der Waals surface area contributed by atoms with Gasteiger partial charge in [-0.3, -0.25) is 14.3 Å². The first-order chi connectivity index (χ1) is 16.9. The number of allylic oxidation sites excluding steroid dienone is 2. The highest BCUT2D eigenvalue weighted by Crippen LogP contribution is 2.46. The van der Waals surface area contributed by atoms with Gasteiger partial charge in [-0.05, 0) is 48.0 Å². The summed E-state index contributed by atoms with van der Waals surface area (Å²) in [6.07, 6.45) is 5.20. The molecule has 4 aromatic rings. The average molecular weight is 502 g/mol. The number of hydrogen-bond donors (Lipinski definition) is 0. The molecule has 176 valence electrons. The van der Waals surface area contributed by atoms with E-state index in [-0.39, 0.29) is 17.0 Å². The normalized spacial score (nSPS) is 15.4. The molecule has 1 aliphatic heterocycles. The lowest BCUT2D eigenvalue weighted by atomic mass is 9.83. The lowest BCUT2D eigenvalue weighted by molar-refractivity contribution is -0.112. The summed E-state index contributed by atoms with van der Waals surface area (Å²) in [7, 11) is 2.01. The summed E-state index contributed by atoms with van der Waals surface area (Å²) in [4.78, 5) is 19.3.